The van der Waals surface area contributed by atoms with E-state index in [9.17, 15) is 18.0 Å². The normalized spacial score (nSPS) is 13.1. The highest BCUT2D eigenvalue weighted by Crippen LogP contribution is 2.29. The number of nitrogens with one attached hydrogen (secondary N) is 1. The fourth-order valence-electron chi connectivity index (χ4n) is 2.17. The lowest BCUT2D eigenvalue weighted by atomic mass is 10.1. The number of thiophene rings is 1. The number of hydrogen-bond acceptors (Lipinski definition) is 3. The molecule has 1 heterocycles. The Balaban J connectivity index is 2.01. The molecule has 124 valence electrons. The molecule has 0 aliphatic rings. The summed E-state index contributed by atoms with van der Waals surface area (Å²) in [6.45, 7) is 0.379. The number of carbonyl (C=O) groups is 1. The standard InChI is InChI=1S/C16H17F3N2OS/c1-21(2)14(12-7-8-23-10-12)9-20-15(22)11-3-5-13(6-4-11)16(17,18)19/h3-8,10,14H,9H2,1-2H3,(H,20,22)/t14-/m1/s1. The highest BCUT2D eigenvalue weighted by Gasteiger charge is 2.30. The second kappa shape index (κ2) is 7.14. The predicted octanol–water partition coefficient (Wildman–Crippen LogP) is 3.80. The SMILES string of the molecule is CN(C)[C@H](CNC(=O)c1ccc(C(F)(F)F)cc1)c1ccsc1. The summed E-state index contributed by atoms with van der Waals surface area (Å²) in [4.78, 5) is 14.1. The summed E-state index contributed by atoms with van der Waals surface area (Å²) in [6.07, 6.45) is -4.40. The molecule has 0 spiro atoms. The molecule has 0 saturated carbocycles. The number of benzene rings is 1. The van der Waals surface area contributed by atoms with Crippen molar-refractivity contribution in [2.24, 2.45) is 0 Å². The van der Waals surface area contributed by atoms with Crippen molar-refractivity contribution in [3.63, 3.8) is 0 Å². The number of rotatable bonds is 5. The molecule has 2 rings (SSSR count). The molecule has 0 saturated heterocycles. The number of nitrogens with zero attached hydrogens (tertiary/aromatic N) is 1. The lowest BCUT2D eigenvalue weighted by molar-refractivity contribution is -0.137. The molecule has 1 amide bonds. The van der Waals surface area contributed by atoms with Gasteiger partial charge in [0.05, 0.1) is 11.6 Å². The summed E-state index contributed by atoms with van der Waals surface area (Å²) < 4.78 is 37.5. The molecule has 3 nitrogen and oxygen atoms in total. The van der Waals surface area contributed by atoms with E-state index in [0.29, 0.717) is 6.54 Å². The van der Waals surface area contributed by atoms with Gasteiger partial charge in [0, 0.05) is 12.1 Å². The van der Waals surface area contributed by atoms with Crippen molar-refractivity contribution in [1.29, 1.82) is 0 Å². The van der Waals surface area contributed by atoms with Gasteiger partial charge in [-0.05, 0) is 60.8 Å². The van der Waals surface area contributed by atoms with Crippen molar-refractivity contribution < 1.29 is 18.0 Å². The zero-order valence-electron chi connectivity index (χ0n) is 12.7. The number of carbonyl (C=O) groups excluding carboxylic acids is 1. The quantitative estimate of drug-likeness (QED) is 0.896. The van der Waals surface area contributed by atoms with E-state index in [1.165, 1.54) is 12.1 Å². The monoisotopic (exact) mass is 342 g/mol. The van der Waals surface area contributed by atoms with Gasteiger partial charge in [-0.3, -0.25) is 4.79 Å². The molecule has 2 aromatic rings. The molecule has 0 unspecified atom stereocenters. The molecule has 0 radical (unpaired) electrons. The van der Waals surface area contributed by atoms with Crippen molar-refractivity contribution in [1.82, 2.24) is 10.2 Å². The molecule has 23 heavy (non-hydrogen) atoms. The van der Waals surface area contributed by atoms with Crippen LogP contribution in [0, 0.1) is 0 Å². The lowest BCUT2D eigenvalue weighted by Gasteiger charge is -2.24. The van der Waals surface area contributed by atoms with Gasteiger partial charge in [0.1, 0.15) is 0 Å². The van der Waals surface area contributed by atoms with Gasteiger partial charge in [0.2, 0.25) is 0 Å². The first-order valence-corrected chi connectivity index (χ1v) is 7.87. The van der Waals surface area contributed by atoms with Gasteiger partial charge >= 0.3 is 6.18 Å². The van der Waals surface area contributed by atoms with E-state index >= 15 is 0 Å². The number of amides is 1. The Morgan fingerprint density at radius 1 is 1.22 bits per heavy atom. The van der Waals surface area contributed by atoms with Gasteiger partial charge in [-0.25, -0.2) is 0 Å². The van der Waals surface area contributed by atoms with Gasteiger partial charge in [-0.15, -0.1) is 0 Å². The fraction of sp³-hybridized carbons (Fsp3) is 0.312. The van der Waals surface area contributed by atoms with Crippen molar-refractivity contribution in [3.05, 3.63) is 57.8 Å². The van der Waals surface area contributed by atoms with Crippen LogP contribution in [0.3, 0.4) is 0 Å². The predicted molar refractivity (Wildman–Crippen MR) is 84.5 cm³/mol. The van der Waals surface area contributed by atoms with E-state index in [4.69, 9.17) is 0 Å². The maximum absolute atomic E-state index is 12.5. The van der Waals surface area contributed by atoms with Crippen LogP contribution in [0.2, 0.25) is 0 Å². The minimum atomic E-state index is -4.40. The zero-order chi connectivity index (χ0) is 17.0. The number of likely N-dealkylation sites (N-methyl/N-ethyl adjacent to an activating group) is 1. The first-order chi connectivity index (χ1) is 10.8. The average molecular weight is 342 g/mol. The highest BCUT2D eigenvalue weighted by molar-refractivity contribution is 7.07. The Bertz CT molecular complexity index is 636. The molecule has 0 fully saturated rings. The minimum Gasteiger partial charge on any atom is -0.350 e. The molecule has 1 atom stereocenters. The zero-order valence-corrected chi connectivity index (χ0v) is 13.5. The number of alkyl halides is 3. The topological polar surface area (TPSA) is 32.3 Å². The second-order valence-corrected chi connectivity index (χ2v) is 6.10. The first kappa shape index (κ1) is 17.5. The van der Waals surface area contributed by atoms with Gasteiger partial charge in [0.15, 0.2) is 0 Å². The smallest absolute Gasteiger partial charge is 0.350 e. The number of halogens is 3. The lowest BCUT2D eigenvalue weighted by Crippen LogP contribution is -2.34. The van der Waals surface area contributed by atoms with Crippen molar-refractivity contribution >= 4 is 17.2 Å². The van der Waals surface area contributed by atoms with Gasteiger partial charge < -0.3 is 10.2 Å². The van der Waals surface area contributed by atoms with E-state index < -0.39 is 11.7 Å². The average Bonchev–Trinajstić information content (AvgIpc) is 3.00. The van der Waals surface area contributed by atoms with E-state index in [1.54, 1.807) is 11.3 Å². The van der Waals surface area contributed by atoms with Crippen LogP contribution in [-0.4, -0.2) is 31.4 Å². The summed E-state index contributed by atoms with van der Waals surface area (Å²) in [5.41, 5.74) is 0.534. The molecule has 7 heteroatoms. The molecule has 1 N–H and O–H groups in total. The summed E-state index contributed by atoms with van der Waals surface area (Å²) >= 11 is 1.57. The summed E-state index contributed by atoms with van der Waals surface area (Å²) in [5.74, 6) is -0.388. The third kappa shape index (κ3) is 4.56. The summed E-state index contributed by atoms with van der Waals surface area (Å²) in [6, 6.07) is 6.20. The fourth-order valence-corrected chi connectivity index (χ4v) is 2.87. The van der Waals surface area contributed by atoms with Crippen LogP contribution >= 0.6 is 11.3 Å². The molecular formula is C16H17F3N2OS. The van der Waals surface area contributed by atoms with Crippen LogP contribution in [0.4, 0.5) is 13.2 Å². The molecule has 0 bridgehead atoms. The van der Waals surface area contributed by atoms with Gasteiger partial charge in [0.25, 0.3) is 5.91 Å². The van der Waals surface area contributed by atoms with Crippen LogP contribution in [0.25, 0.3) is 0 Å². The molecule has 1 aromatic carbocycles. The van der Waals surface area contributed by atoms with Crippen LogP contribution in [-0.2, 0) is 6.18 Å². The van der Waals surface area contributed by atoms with E-state index in [-0.39, 0.29) is 17.5 Å². The Hall–Kier alpha value is -1.86. The Morgan fingerprint density at radius 3 is 2.35 bits per heavy atom. The Labute approximate surface area is 136 Å². The third-order valence-electron chi connectivity index (χ3n) is 3.48. The van der Waals surface area contributed by atoms with Gasteiger partial charge in [-0.1, -0.05) is 0 Å². The van der Waals surface area contributed by atoms with Crippen LogP contribution in [0.15, 0.2) is 41.1 Å². The van der Waals surface area contributed by atoms with Gasteiger partial charge in [-0.2, -0.15) is 24.5 Å². The molecule has 0 aliphatic heterocycles. The van der Waals surface area contributed by atoms with Crippen molar-refractivity contribution in [2.45, 2.75) is 12.2 Å². The van der Waals surface area contributed by atoms with E-state index in [1.807, 2.05) is 35.8 Å². The van der Waals surface area contributed by atoms with Crippen LogP contribution in [0.5, 0.6) is 0 Å². The van der Waals surface area contributed by atoms with Crippen molar-refractivity contribution in [3.8, 4) is 0 Å². The third-order valence-corrected chi connectivity index (χ3v) is 4.18. The molecule has 0 aliphatic carbocycles. The van der Waals surface area contributed by atoms with E-state index in [2.05, 4.69) is 5.32 Å². The Kier molecular flexibility index (Phi) is 5.43. The Morgan fingerprint density at radius 2 is 1.87 bits per heavy atom. The largest absolute Gasteiger partial charge is 0.416 e. The maximum atomic E-state index is 12.5. The molecule has 1 aromatic heterocycles. The van der Waals surface area contributed by atoms with Crippen molar-refractivity contribution in [2.75, 3.05) is 20.6 Å². The van der Waals surface area contributed by atoms with E-state index in [0.717, 1.165) is 17.7 Å². The highest BCUT2D eigenvalue weighted by atomic mass is 32.1. The second-order valence-electron chi connectivity index (χ2n) is 5.32. The molecular weight excluding hydrogens is 325 g/mol. The summed E-state index contributed by atoms with van der Waals surface area (Å²) in [5, 5.41) is 6.74. The van der Waals surface area contributed by atoms with Crippen LogP contribution in [0.1, 0.15) is 27.5 Å². The summed E-state index contributed by atoms with van der Waals surface area (Å²) in [7, 11) is 3.82. The maximum Gasteiger partial charge on any atom is 0.416 e. The minimum absolute atomic E-state index is 0.0136. The van der Waals surface area contributed by atoms with Crippen LogP contribution < -0.4 is 5.32 Å². The first-order valence-electron chi connectivity index (χ1n) is 6.93. The number of hydrogen-bond donors (Lipinski definition) is 1.